The Morgan fingerprint density at radius 3 is 2.90 bits per heavy atom. The van der Waals surface area contributed by atoms with Gasteiger partial charge in [0.1, 0.15) is 5.82 Å². The van der Waals surface area contributed by atoms with Crippen molar-refractivity contribution < 1.29 is 5.21 Å². The Kier molecular flexibility index (Phi) is 3.35. The molecule has 3 aromatic rings. The highest BCUT2D eigenvalue weighted by molar-refractivity contribution is 6.00. The lowest BCUT2D eigenvalue weighted by Gasteiger charge is -2.07. The number of aromatic nitrogens is 3. The van der Waals surface area contributed by atoms with Gasteiger partial charge in [-0.25, -0.2) is 4.98 Å². The molecule has 0 saturated heterocycles. The molecule has 0 amide bonds. The van der Waals surface area contributed by atoms with E-state index in [2.05, 4.69) is 20.8 Å². The zero-order valence-corrected chi connectivity index (χ0v) is 11.8. The second-order valence-electron chi connectivity index (χ2n) is 4.97. The van der Waals surface area contributed by atoms with Crippen LogP contribution in [-0.4, -0.2) is 25.2 Å². The third-order valence-electron chi connectivity index (χ3n) is 3.67. The summed E-state index contributed by atoms with van der Waals surface area (Å²) >= 11 is 0. The van der Waals surface area contributed by atoms with Crippen molar-refractivity contribution in [1.82, 2.24) is 14.1 Å². The van der Waals surface area contributed by atoms with Crippen molar-refractivity contribution in [3.8, 4) is 0 Å². The lowest BCUT2D eigenvalue weighted by molar-refractivity contribution is 0.318. The summed E-state index contributed by atoms with van der Waals surface area (Å²) in [5.74, 6) is 1.16. The number of rotatable bonds is 4. The molecule has 3 N–H and O–H groups in total. The Morgan fingerprint density at radius 2 is 2.19 bits per heavy atom. The van der Waals surface area contributed by atoms with Gasteiger partial charge in [0.15, 0.2) is 5.84 Å². The van der Waals surface area contributed by atoms with Crippen molar-refractivity contribution in [2.24, 2.45) is 17.9 Å². The topological polar surface area (TPSA) is 81.4 Å². The molecule has 3 rings (SSSR count). The Hall–Kier alpha value is -2.76. The maximum atomic E-state index is 8.78. The number of aryl methyl sites for hydroxylation is 3. The lowest BCUT2D eigenvalue weighted by Crippen LogP contribution is -2.13. The van der Waals surface area contributed by atoms with Gasteiger partial charge in [0.05, 0.1) is 0 Å². The smallest absolute Gasteiger partial charge is 0.170 e. The standard InChI is InChI=1S/C15H17N5O/c1-19-9-6-17-14(19)5-8-20-7-4-11-2-3-12(10-13(11)20)15(16)18-21/h2-4,6-7,9-10,21H,5,8H2,1H3,(H2,16,18). The van der Waals surface area contributed by atoms with Crippen LogP contribution in [0.3, 0.4) is 0 Å². The number of amidine groups is 1. The molecule has 0 radical (unpaired) electrons. The van der Waals surface area contributed by atoms with Crippen molar-refractivity contribution in [3.05, 3.63) is 54.2 Å². The van der Waals surface area contributed by atoms with E-state index in [0.717, 1.165) is 29.7 Å². The summed E-state index contributed by atoms with van der Waals surface area (Å²) < 4.78 is 4.17. The predicted molar refractivity (Wildman–Crippen MR) is 81.4 cm³/mol. The van der Waals surface area contributed by atoms with Crippen LogP contribution in [0.5, 0.6) is 0 Å². The van der Waals surface area contributed by atoms with Gasteiger partial charge in [-0.1, -0.05) is 17.3 Å². The Balaban J connectivity index is 1.90. The van der Waals surface area contributed by atoms with Crippen LogP contribution in [0.4, 0.5) is 0 Å². The van der Waals surface area contributed by atoms with Crippen molar-refractivity contribution in [2.45, 2.75) is 13.0 Å². The molecular formula is C15H17N5O. The van der Waals surface area contributed by atoms with Crippen molar-refractivity contribution >= 4 is 16.7 Å². The summed E-state index contributed by atoms with van der Waals surface area (Å²) in [7, 11) is 1.99. The largest absolute Gasteiger partial charge is 0.409 e. The molecule has 0 atom stereocenters. The number of nitrogens with zero attached hydrogens (tertiary/aromatic N) is 4. The molecule has 2 aromatic heterocycles. The number of oxime groups is 1. The molecule has 21 heavy (non-hydrogen) atoms. The molecule has 1 aromatic carbocycles. The Labute approximate surface area is 122 Å². The first kappa shape index (κ1) is 13.2. The van der Waals surface area contributed by atoms with E-state index >= 15 is 0 Å². The summed E-state index contributed by atoms with van der Waals surface area (Å²) in [6.07, 6.45) is 6.64. The third kappa shape index (κ3) is 2.47. The third-order valence-corrected chi connectivity index (χ3v) is 3.67. The number of hydrogen-bond acceptors (Lipinski definition) is 3. The molecule has 0 bridgehead atoms. The number of fused-ring (bicyclic) bond motifs is 1. The van der Waals surface area contributed by atoms with Gasteiger partial charge >= 0.3 is 0 Å². The predicted octanol–water partition coefficient (Wildman–Crippen LogP) is 1.71. The first-order valence-electron chi connectivity index (χ1n) is 6.72. The van der Waals surface area contributed by atoms with Crippen LogP contribution in [0.25, 0.3) is 10.9 Å². The first-order valence-corrected chi connectivity index (χ1v) is 6.72. The van der Waals surface area contributed by atoms with Crippen LogP contribution in [0, 0.1) is 0 Å². The molecule has 6 nitrogen and oxygen atoms in total. The Bertz CT molecular complexity index is 799. The summed E-state index contributed by atoms with van der Waals surface area (Å²) in [4.78, 5) is 4.33. The zero-order valence-electron chi connectivity index (χ0n) is 11.8. The minimum Gasteiger partial charge on any atom is -0.409 e. The first-order chi connectivity index (χ1) is 10.2. The Morgan fingerprint density at radius 1 is 1.33 bits per heavy atom. The maximum absolute atomic E-state index is 8.78. The van der Waals surface area contributed by atoms with E-state index in [1.165, 1.54) is 0 Å². The van der Waals surface area contributed by atoms with E-state index in [0.29, 0.717) is 5.56 Å². The van der Waals surface area contributed by atoms with E-state index in [9.17, 15) is 0 Å². The highest BCUT2D eigenvalue weighted by Crippen LogP contribution is 2.18. The van der Waals surface area contributed by atoms with Crippen LogP contribution in [0.1, 0.15) is 11.4 Å². The van der Waals surface area contributed by atoms with Gasteiger partial charge in [-0.2, -0.15) is 0 Å². The van der Waals surface area contributed by atoms with Gasteiger partial charge < -0.3 is 20.1 Å². The lowest BCUT2D eigenvalue weighted by atomic mass is 10.1. The van der Waals surface area contributed by atoms with E-state index < -0.39 is 0 Å². The highest BCUT2D eigenvalue weighted by Gasteiger charge is 2.06. The van der Waals surface area contributed by atoms with Gasteiger partial charge in [0, 0.05) is 49.7 Å². The zero-order chi connectivity index (χ0) is 14.8. The summed E-state index contributed by atoms with van der Waals surface area (Å²) in [6.45, 7) is 0.827. The average molecular weight is 283 g/mol. The number of imidazole rings is 1. The van der Waals surface area contributed by atoms with Gasteiger partial charge in [0.2, 0.25) is 0 Å². The fourth-order valence-corrected chi connectivity index (χ4v) is 2.45. The molecule has 0 unspecified atom stereocenters. The summed E-state index contributed by atoms with van der Waals surface area (Å²) in [5, 5.41) is 13.0. The van der Waals surface area contributed by atoms with Crippen LogP contribution in [0.2, 0.25) is 0 Å². The van der Waals surface area contributed by atoms with E-state index in [4.69, 9.17) is 10.9 Å². The number of nitrogens with two attached hydrogens (primary N) is 1. The molecule has 108 valence electrons. The second kappa shape index (κ2) is 5.32. The molecule has 0 saturated carbocycles. The molecule has 0 spiro atoms. The molecule has 0 fully saturated rings. The fraction of sp³-hybridized carbons (Fsp3) is 0.200. The molecular weight excluding hydrogens is 266 g/mol. The van der Waals surface area contributed by atoms with Crippen LogP contribution >= 0.6 is 0 Å². The summed E-state index contributed by atoms with van der Waals surface area (Å²) in [5.41, 5.74) is 7.43. The van der Waals surface area contributed by atoms with Crippen molar-refractivity contribution in [1.29, 1.82) is 0 Å². The highest BCUT2D eigenvalue weighted by atomic mass is 16.4. The molecule has 0 aliphatic heterocycles. The second-order valence-corrected chi connectivity index (χ2v) is 4.97. The van der Waals surface area contributed by atoms with Crippen LogP contribution in [-0.2, 0) is 20.0 Å². The SMILES string of the molecule is Cn1ccnc1CCn1ccc2ccc(/C(N)=N/O)cc21. The quantitative estimate of drug-likeness (QED) is 0.331. The average Bonchev–Trinajstić information content (AvgIpc) is 3.10. The molecule has 0 aliphatic rings. The van der Waals surface area contributed by atoms with Gasteiger partial charge in [0.25, 0.3) is 0 Å². The molecule has 0 aliphatic carbocycles. The minimum absolute atomic E-state index is 0.119. The maximum Gasteiger partial charge on any atom is 0.170 e. The van der Waals surface area contributed by atoms with E-state index in [1.807, 2.05) is 42.2 Å². The summed E-state index contributed by atoms with van der Waals surface area (Å²) in [6, 6.07) is 7.81. The minimum atomic E-state index is 0.119. The number of hydrogen-bond donors (Lipinski definition) is 2. The van der Waals surface area contributed by atoms with Crippen molar-refractivity contribution in [2.75, 3.05) is 0 Å². The molecule has 2 heterocycles. The van der Waals surface area contributed by atoms with E-state index in [-0.39, 0.29) is 5.84 Å². The monoisotopic (exact) mass is 283 g/mol. The fourth-order valence-electron chi connectivity index (χ4n) is 2.45. The normalized spacial score (nSPS) is 12.1. The number of benzene rings is 1. The van der Waals surface area contributed by atoms with Gasteiger partial charge in [-0.15, -0.1) is 0 Å². The molecule has 6 heteroatoms. The van der Waals surface area contributed by atoms with Gasteiger partial charge in [-0.05, 0) is 17.5 Å². The van der Waals surface area contributed by atoms with Crippen LogP contribution in [0.15, 0.2) is 48.0 Å². The van der Waals surface area contributed by atoms with E-state index in [1.54, 1.807) is 6.20 Å². The van der Waals surface area contributed by atoms with Gasteiger partial charge in [-0.3, -0.25) is 0 Å². The van der Waals surface area contributed by atoms with Crippen molar-refractivity contribution in [3.63, 3.8) is 0 Å². The van der Waals surface area contributed by atoms with Crippen LogP contribution < -0.4 is 5.73 Å².